The molecule has 1 fully saturated rings. The maximum atomic E-state index is 13.5. The standard InChI is InChI=1S/C24H28N4O3/c1-17(2)21(15-25)26-9-11-27(12-10-26)23(29)20-14-18-6-3-4-7-19(18)16-28(20)24(30)22-8-5-13-31-22/h3-8,13,17,20-21H,9-12,14,16H2,1-2H3. The molecular weight excluding hydrogens is 392 g/mol. The van der Waals surface area contributed by atoms with Gasteiger partial charge in [-0.15, -0.1) is 0 Å². The van der Waals surface area contributed by atoms with Gasteiger partial charge in [-0.2, -0.15) is 5.26 Å². The predicted octanol–water partition coefficient (Wildman–Crippen LogP) is 2.54. The Morgan fingerprint density at radius 1 is 1.06 bits per heavy atom. The highest BCUT2D eigenvalue weighted by Crippen LogP contribution is 2.27. The topological polar surface area (TPSA) is 80.8 Å². The fraction of sp³-hybridized carbons (Fsp3) is 0.458. The van der Waals surface area contributed by atoms with Gasteiger partial charge in [0.05, 0.1) is 12.3 Å². The van der Waals surface area contributed by atoms with Crippen molar-refractivity contribution in [3.63, 3.8) is 0 Å². The molecule has 2 atom stereocenters. The summed E-state index contributed by atoms with van der Waals surface area (Å²) in [7, 11) is 0. The number of nitrogens with zero attached hydrogens (tertiary/aromatic N) is 4. The zero-order chi connectivity index (χ0) is 22.0. The number of nitriles is 1. The molecule has 2 aliphatic heterocycles. The van der Waals surface area contributed by atoms with Crippen LogP contribution in [0.15, 0.2) is 47.1 Å². The number of hydrogen-bond acceptors (Lipinski definition) is 5. The SMILES string of the molecule is CC(C)C(C#N)N1CCN(C(=O)C2Cc3ccccc3CN2C(=O)c2ccco2)CC1. The van der Waals surface area contributed by atoms with E-state index in [2.05, 4.69) is 11.0 Å². The monoisotopic (exact) mass is 420 g/mol. The summed E-state index contributed by atoms with van der Waals surface area (Å²) in [6.07, 6.45) is 1.97. The van der Waals surface area contributed by atoms with E-state index in [1.165, 1.54) is 6.26 Å². The quantitative estimate of drug-likeness (QED) is 0.759. The number of piperazine rings is 1. The van der Waals surface area contributed by atoms with Gasteiger partial charge in [-0.1, -0.05) is 38.1 Å². The first-order valence-corrected chi connectivity index (χ1v) is 10.8. The molecule has 1 aromatic heterocycles. The maximum absolute atomic E-state index is 13.5. The van der Waals surface area contributed by atoms with Crippen molar-refractivity contribution in [3.8, 4) is 6.07 Å². The molecule has 2 amide bonds. The molecule has 2 unspecified atom stereocenters. The minimum Gasteiger partial charge on any atom is -0.459 e. The average molecular weight is 421 g/mol. The van der Waals surface area contributed by atoms with E-state index in [-0.39, 0.29) is 29.5 Å². The molecule has 0 saturated carbocycles. The van der Waals surface area contributed by atoms with E-state index in [0.29, 0.717) is 39.1 Å². The molecule has 7 heteroatoms. The minimum absolute atomic E-state index is 0.0351. The van der Waals surface area contributed by atoms with E-state index in [9.17, 15) is 14.9 Å². The van der Waals surface area contributed by atoms with Gasteiger partial charge in [-0.05, 0) is 29.2 Å². The molecular formula is C24H28N4O3. The van der Waals surface area contributed by atoms with Crippen molar-refractivity contribution in [3.05, 3.63) is 59.5 Å². The summed E-state index contributed by atoms with van der Waals surface area (Å²) in [4.78, 5) is 32.3. The van der Waals surface area contributed by atoms with Crippen LogP contribution in [-0.2, 0) is 17.8 Å². The summed E-state index contributed by atoms with van der Waals surface area (Å²) >= 11 is 0. The Bertz CT molecular complexity index is 971. The molecule has 31 heavy (non-hydrogen) atoms. The molecule has 2 aliphatic rings. The smallest absolute Gasteiger partial charge is 0.290 e. The van der Waals surface area contributed by atoms with Gasteiger partial charge in [0.25, 0.3) is 5.91 Å². The number of hydrogen-bond donors (Lipinski definition) is 0. The summed E-state index contributed by atoms with van der Waals surface area (Å²) in [5, 5.41) is 9.48. The molecule has 1 aromatic carbocycles. The summed E-state index contributed by atoms with van der Waals surface area (Å²) in [5.41, 5.74) is 2.16. The van der Waals surface area contributed by atoms with Crippen molar-refractivity contribution in [2.75, 3.05) is 26.2 Å². The van der Waals surface area contributed by atoms with Crippen LogP contribution in [0.2, 0.25) is 0 Å². The summed E-state index contributed by atoms with van der Waals surface area (Å²) in [6.45, 7) is 6.92. The number of furan rings is 1. The molecule has 3 heterocycles. The van der Waals surface area contributed by atoms with Crippen LogP contribution in [0, 0.1) is 17.2 Å². The van der Waals surface area contributed by atoms with Gasteiger partial charge in [-0.25, -0.2) is 0 Å². The molecule has 0 N–H and O–H groups in total. The van der Waals surface area contributed by atoms with Crippen LogP contribution in [0.3, 0.4) is 0 Å². The highest BCUT2D eigenvalue weighted by atomic mass is 16.3. The van der Waals surface area contributed by atoms with E-state index in [1.807, 2.05) is 43.0 Å². The van der Waals surface area contributed by atoms with Crippen molar-refractivity contribution in [2.45, 2.75) is 38.9 Å². The Kier molecular flexibility index (Phi) is 6.10. The van der Waals surface area contributed by atoms with Gasteiger partial charge in [0, 0.05) is 39.1 Å². The zero-order valence-corrected chi connectivity index (χ0v) is 18.0. The molecule has 7 nitrogen and oxygen atoms in total. The van der Waals surface area contributed by atoms with Crippen LogP contribution >= 0.6 is 0 Å². The minimum atomic E-state index is -0.559. The van der Waals surface area contributed by atoms with Gasteiger partial charge in [0.1, 0.15) is 12.1 Å². The maximum Gasteiger partial charge on any atom is 0.290 e. The van der Waals surface area contributed by atoms with Gasteiger partial charge in [-0.3, -0.25) is 14.5 Å². The third-order valence-corrected chi connectivity index (χ3v) is 6.31. The van der Waals surface area contributed by atoms with Crippen molar-refractivity contribution in [2.24, 2.45) is 5.92 Å². The summed E-state index contributed by atoms with van der Waals surface area (Å²) in [6, 6.07) is 13.0. The number of benzene rings is 1. The van der Waals surface area contributed by atoms with Crippen LogP contribution in [-0.4, -0.2) is 64.8 Å². The average Bonchev–Trinajstić information content (AvgIpc) is 3.33. The van der Waals surface area contributed by atoms with E-state index < -0.39 is 6.04 Å². The first kappa shape index (κ1) is 21.1. The highest BCUT2D eigenvalue weighted by molar-refractivity contribution is 5.96. The first-order chi connectivity index (χ1) is 15.0. The highest BCUT2D eigenvalue weighted by Gasteiger charge is 2.39. The summed E-state index contributed by atoms with van der Waals surface area (Å²) in [5.74, 6) is 0.187. The second-order valence-corrected chi connectivity index (χ2v) is 8.58. The lowest BCUT2D eigenvalue weighted by Gasteiger charge is -2.42. The fourth-order valence-electron chi connectivity index (χ4n) is 4.58. The van der Waals surface area contributed by atoms with Crippen molar-refractivity contribution in [1.82, 2.24) is 14.7 Å². The zero-order valence-electron chi connectivity index (χ0n) is 18.0. The molecule has 0 aliphatic carbocycles. The number of fused-ring (bicyclic) bond motifs is 1. The Labute approximate surface area is 182 Å². The predicted molar refractivity (Wildman–Crippen MR) is 115 cm³/mol. The Hall–Kier alpha value is -3.11. The Morgan fingerprint density at radius 3 is 2.39 bits per heavy atom. The van der Waals surface area contributed by atoms with Crippen molar-refractivity contribution >= 4 is 11.8 Å². The second kappa shape index (κ2) is 8.94. The van der Waals surface area contributed by atoms with Gasteiger partial charge in [0.2, 0.25) is 5.91 Å². The number of amides is 2. The number of carbonyl (C=O) groups is 2. The molecule has 0 spiro atoms. The summed E-state index contributed by atoms with van der Waals surface area (Å²) < 4.78 is 5.33. The third kappa shape index (κ3) is 4.21. The number of rotatable bonds is 4. The molecule has 4 rings (SSSR count). The van der Waals surface area contributed by atoms with Crippen LogP contribution in [0.5, 0.6) is 0 Å². The Morgan fingerprint density at radius 2 is 1.77 bits per heavy atom. The van der Waals surface area contributed by atoms with E-state index >= 15 is 0 Å². The lowest BCUT2D eigenvalue weighted by Crippen LogP contribution is -2.58. The largest absolute Gasteiger partial charge is 0.459 e. The molecule has 162 valence electrons. The molecule has 2 aromatic rings. The van der Waals surface area contributed by atoms with Gasteiger partial charge < -0.3 is 14.2 Å². The fourth-order valence-corrected chi connectivity index (χ4v) is 4.58. The second-order valence-electron chi connectivity index (χ2n) is 8.58. The Balaban J connectivity index is 1.52. The van der Waals surface area contributed by atoms with E-state index in [4.69, 9.17) is 4.42 Å². The third-order valence-electron chi connectivity index (χ3n) is 6.31. The lowest BCUT2D eigenvalue weighted by molar-refractivity contribution is -0.138. The van der Waals surface area contributed by atoms with Crippen LogP contribution < -0.4 is 0 Å². The van der Waals surface area contributed by atoms with Crippen molar-refractivity contribution < 1.29 is 14.0 Å². The van der Waals surface area contributed by atoms with Crippen LogP contribution in [0.25, 0.3) is 0 Å². The molecule has 1 saturated heterocycles. The molecule has 0 radical (unpaired) electrons. The first-order valence-electron chi connectivity index (χ1n) is 10.8. The van der Waals surface area contributed by atoms with Gasteiger partial charge >= 0.3 is 0 Å². The van der Waals surface area contributed by atoms with Gasteiger partial charge in [0.15, 0.2) is 5.76 Å². The molecule has 0 bridgehead atoms. The van der Waals surface area contributed by atoms with Crippen molar-refractivity contribution in [1.29, 1.82) is 5.26 Å². The van der Waals surface area contributed by atoms with E-state index in [1.54, 1.807) is 17.0 Å². The normalized spacial score (nSPS) is 20.3. The van der Waals surface area contributed by atoms with Crippen LogP contribution in [0.1, 0.15) is 35.5 Å². The number of carbonyl (C=O) groups excluding carboxylic acids is 2. The van der Waals surface area contributed by atoms with E-state index in [0.717, 1.165) is 11.1 Å². The lowest BCUT2D eigenvalue weighted by atomic mass is 9.92. The van der Waals surface area contributed by atoms with Crippen LogP contribution in [0.4, 0.5) is 0 Å².